The minimum atomic E-state index is -0.601. The van der Waals surface area contributed by atoms with Gasteiger partial charge in [-0.2, -0.15) is 0 Å². The van der Waals surface area contributed by atoms with Crippen molar-refractivity contribution < 1.29 is 9.72 Å². The molecule has 2 aromatic rings. The van der Waals surface area contributed by atoms with E-state index in [0.717, 1.165) is 6.07 Å². The Morgan fingerprint density at radius 2 is 2.00 bits per heavy atom. The summed E-state index contributed by atoms with van der Waals surface area (Å²) in [7, 11) is 0. The van der Waals surface area contributed by atoms with E-state index in [4.69, 9.17) is 23.2 Å². The second-order valence-corrected chi connectivity index (χ2v) is 4.54. The zero-order valence-electron chi connectivity index (χ0n) is 9.84. The zero-order chi connectivity index (χ0) is 14.7. The number of hydrogen-bond acceptors (Lipinski definition) is 4. The third-order valence-corrected chi connectivity index (χ3v) is 2.93. The van der Waals surface area contributed by atoms with Crippen LogP contribution < -0.4 is 5.32 Å². The van der Waals surface area contributed by atoms with Gasteiger partial charge in [-0.1, -0.05) is 23.2 Å². The molecule has 8 heteroatoms. The average Bonchev–Trinajstić information content (AvgIpc) is 2.38. The number of nitro groups is 1. The first kappa shape index (κ1) is 14.2. The fourth-order valence-electron chi connectivity index (χ4n) is 1.48. The number of nitrogens with zero attached hydrogens (tertiary/aromatic N) is 2. The topological polar surface area (TPSA) is 85.1 Å². The molecule has 0 radical (unpaired) electrons. The number of benzene rings is 1. The summed E-state index contributed by atoms with van der Waals surface area (Å²) in [5.74, 6) is -0.569. The first-order chi connectivity index (χ1) is 9.47. The summed E-state index contributed by atoms with van der Waals surface area (Å²) in [4.78, 5) is 25.9. The van der Waals surface area contributed by atoms with Gasteiger partial charge in [0, 0.05) is 24.0 Å². The van der Waals surface area contributed by atoms with Crippen LogP contribution in [0, 0.1) is 10.1 Å². The fourth-order valence-corrected chi connectivity index (χ4v) is 1.86. The molecule has 0 atom stereocenters. The van der Waals surface area contributed by atoms with E-state index in [9.17, 15) is 14.9 Å². The SMILES string of the molecule is O=C(Nc1ccnc(Cl)c1)c1cc([N+](=O)[O-])ccc1Cl. The number of rotatable bonds is 3. The van der Waals surface area contributed by atoms with Gasteiger partial charge in [0.2, 0.25) is 0 Å². The predicted octanol–water partition coefficient (Wildman–Crippen LogP) is 3.55. The minimum absolute atomic E-state index is 0.00815. The number of anilines is 1. The molecule has 1 aromatic carbocycles. The van der Waals surface area contributed by atoms with Crippen molar-refractivity contribution >= 4 is 40.5 Å². The summed E-state index contributed by atoms with van der Waals surface area (Å²) in [5, 5.41) is 13.6. The van der Waals surface area contributed by atoms with Crippen LogP contribution in [0.2, 0.25) is 10.2 Å². The van der Waals surface area contributed by atoms with Gasteiger partial charge in [0.15, 0.2) is 0 Å². The van der Waals surface area contributed by atoms with E-state index >= 15 is 0 Å². The molecule has 6 nitrogen and oxygen atoms in total. The zero-order valence-corrected chi connectivity index (χ0v) is 11.4. The lowest BCUT2D eigenvalue weighted by atomic mass is 10.2. The van der Waals surface area contributed by atoms with Crippen LogP contribution in [0.3, 0.4) is 0 Å². The molecule has 1 heterocycles. The number of aromatic nitrogens is 1. The van der Waals surface area contributed by atoms with E-state index in [1.165, 1.54) is 30.5 Å². The molecule has 1 amide bonds. The van der Waals surface area contributed by atoms with E-state index in [-0.39, 0.29) is 21.4 Å². The predicted molar refractivity (Wildman–Crippen MR) is 75.3 cm³/mol. The summed E-state index contributed by atoms with van der Waals surface area (Å²) in [6, 6.07) is 6.62. The lowest BCUT2D eigenvalue weighted by Crippen LogP contribution is -2.12. The first-order valence-corrected chi connectivity index (χ1v) is 6.10. The normalized spacial score (nSPS) is 10.1. The Balaban J connectivity index is 2.29. The van der Waals surface area contributed by atoms with Crippen LogP contribution in [-0.4, -0.2) is 15.8 Å². The molecule has 0 fully saturated rings. The Morgan fingerprint density at radius 1 is 1.25 bits per heavy atom. The second-order valence-electron chi connectivity index (χ2n) is 3.74. The maximum atomic E-state index is 12.0. The summed E-state index contributed by atoms with van der Waals surface area (Å²) < 4.78 is 0. The average molecular weight is 312 g/mol. The Kier molecular flexibility index (Phi) is 4.16. The molecule has 2 rings (SSSR count). The van der Waals surface area contributed by atoms with Crippen LogP contribution in [0.5, 0.6) is 0 Å². The van der Waals surface area contributed by atoms with Gasteiger partial charge in [0.05, 0.1) is 15.5 Å². The smallest absolute Gasteiger partial charge is 0.270 e. The molecule has 0 aliphatic rings. The molecule has 0 saturated carbocycles. The number of carbonyl (C=O) groups is 1. The van der Waals surface area contributed by atoms with E-state index in [1.807, 2.05) is 0 Å². The van der Waals surface area contributed by atoms with Crippen molar-refractivity contribution in [3.05, 3.63) is 62.4 Å². The van der Waals surface area contributed by atoms with Crippen molar-refractivity contribution in [2.75, 3.05) is 5.32 Å². The molecule has 20 heavy (non-hydrogen) atoms. The maximum Gasteiger partial charge on any atom is 0.270 e. The monoisotopic (exact) mass is 311 g/mol. The molecular formula is C12H7Cl2N3O3. The summed E-state index contributed by atoms with van der Waals surface area (Å²) in [5.41, 5.74) is 0.207. The van der Waals surface area contributed by atoms with Crippen LogP contribution in [0.4, 0.5) is 11.4 Å². The van der Waals surface area contributed by atoms with Crippen molar-refractivity contribution in [1.82, 2.24) is 4.98 Å². The highest BCUT2D eigenvalue weighted by Gasteiger charge is 2.16. The van der Waals surface area contributed by atoms with E-state index < -0.39 is 10.8 Å². The van der Waals surface area contributed by atoms with Gasteiger partial charge in [0.1, 0.15) is 5.15 Å². The minimum Gasteiger partial charge on any atom is -0.322 e. The highest BCUT2D eigenvalue weighted by molar-refractivity contribution is 6.34. The largest absolute Gasteiger partial charge is 0.322 e. The summed E-state index contributed by atoms with van der Waals surface area (Å²) >= 11 is 11.6. The Labute approximate surface area is 123 Å². The van der Waals surface area contributed by atoms with Crippen LogP contribution in [0.15, 0.2) is 36.5 Å². The Morgan fingerprint density at radius 3 is 2.65 bits per heavy atom. The van der Waals surface area contributed by atoms with E-state index in [1.54, 1.807) is 0 Å². The standard InChI is InChI=1S/C12H7Cl2N3O3/c13-10-2-1-8(17(19)20)6-9(10)12(18)16-7-3-4-15-11(14)5-7/h1-6H,(H,15,16,18). The molecule has 0 unspecified atom stereocenters. The third kappa shape index (κ3) is 3.23. The molecule has 0 aliphatic carbocycles. The van der Waals surface area contributed by atoms with E-state index in [2.05, 4.69) is 10.3 Å². The number of nitrogens with one attached hydrogen (secondary N) is 1. The first-order valence-electron chi connectivity index (χ1n) is 5.34. The number of nitro benzene ring substituents is 1. The lowest BCUT2D eigenvalue weighted by molar-refractivity contribution is -0.384. The van der Waals surface area contributed by atoms with Crippen molar-refractivity contribution in [3.63, 3.8) is 0 Å². The molecule has 0 bridgehead atoms. The number of amides is 1. The molecule has 0 saturated heterocycles. The van der Waals surface area contributed by atoms with Crippen molar-refractivity contribution in [2.24, 2.45) is 0 Å². The van der Waals surface area contributed by atoms with Crippen LogP contribution in [0.25, 0.3) is 0 Å². The molecular weight excluding hydrogens is 305 g/mol. The van der Waals surface area contributed by atoms with Gasteiger partial charge in [-0.05, 0) is 18.2 Å². The number of hydrogen-bond donors (Lipinski definition) is 1. The molecule has 1 N–H and O–H groups in total. The molecule has 0 aliphatic heterocycles. The summed E-state index contributed by atoms with van der Waals surface area (Å²) in [6.45, 7) is 0. The fraction of sp³-hybridized carbons (Fsp3) is 0. The lowest BCUT2D eigenvalue weighted by Gasteiger charge is -2.06. The third-order valence-electron chi connectivity index (χ3n) is 2.39. The number of non-ortho nitro benzene ring substituents is 1. The Bertz CT molecular complexity index is 691. The van der Waals surface area contributed by atoms with E-state index in [0.29, 0.717) is 5.69 Å². The number of carbonyl (C=O) groups excluding carboxylic acids is 1. The number of halogens is 2. The summed E-state index contributed by atoms with van der Waals surface area (Å²) in [6.07, 6.45) is 1.42. The maximum absolute atomic E-state index is 12.0. The van der Waals surface area contributed by atoms with Gasteiger partial charge < -0.3 is 5.32 Å². The van der Waals surface area contributed by atoms with Gasteiger partial charge >= 0.3 is 0 Å². The van der Waals surface area contributed by atoms with Crippen LogP contribution in [0.1, 0.15) is 10.4 Å². The van der Waals surface area contributed by atoms with Crippen LogP contribution in [-0.2, 0) is 0 Å². The quantitative estimate of drug-likeness (QED) is 0.533. The Hall–Kier alpha value is -2.18. The highest BCUT2D eigenvalue weighted by atomic mass is 35.5. The van der Waals surface area contributed by atoms with Gasteiger partial charge in [0.25, 0.3) is 11.6 Å². The van der Waals surface area contributed by atoms with Crippen molar-refractivity contribution in [1.29, 1.82) is 0 Å². The molecule has 102 valence electrons. The van der Waals surface area contributed by atoms with Crippen LogP contribution >= 0.6 is 23.2 Å². The van der Waals surface area contributed by atoms with Crippen molar-refractivity contribution in [3.8, 4) is 0 Å². The van der Waals surface area contributed by atoms with Gasteiger partial charge in [-0.3, -0.25) is 14.9 Å². The molecule has 0 spiro atoms. The van der Waals surface area contributed by atoms with Crippen molar-refractivity contribution in [2.45, 2.75) is 0 Å². The molecule has 1 aromatic heterocycles. The van der Waals surface area contributed by atoms with Gasteiger partial charge in [-0.25, -0.2) is 4.98 Å². The number of pyridine rings is 1. The van der Waals surface area contributed by atoms with Gasteiger partial charge in [-0.15, -0.1) is 0 Å². The second kappa shape index (κ2) is 5.85. The highest BCUT2D eigenvalue weighted by Crippen LogP contribution is 2.23.